The summed E-state index contributed by atoms with van der Waals surface area (Å²) in [5.74, 6) is 0. The summed E-state index contributed by atoms with van der Waals surface area (Å²) in [4.78, 5) is 0. The fraction of sp³-hybridized carbons (Fsp3) is 0. The highest BCUT2D eigenvalue weighted by Gasteiger charge is 2.21. The van der Waals surface area contributed by atoms with Gasteiger partial charge in [-0.2, -0.15) is 0 Å². The van der Waals surface area contributed by atoms with Crippen LogP contribution in [-0.4, -0.2) is 8.97 Å². The Balaban J connectivity index is 1.06. The second-order valence-corrected chi connectivity index (χ2v) is 14.1. The van der Waals surface area contributed by atoms with Crippen molar-refractivity contribution in [2.45, 2.75) is 0 Å². The molecule has 0 radical (unpaired) electrons. The van der Waals surface area contributed by atoms with Crippen molar-refractivity contribution in [1.29, 1.82) is 0 Å². The normalized spacial score (nSPS) is 12.7. The van der Waals surface area contributed by atoms with Crippen molar-refractivity contribution in [1.82, 2.24) is 8.97 Å². The van der Waals surface area contributed by atoms with Crippen molar-refractivity contribution < 1.29 is 4.42 Å². The molecule has 0 saturated carbocycles. The Labute approximate surface area is 290 Å². The minimum atomic E-state index is 0.924. The summed E-state index contributed by atoms with van der Waals surface area (Å²) in [6.45, 7) is 0. The first-order valence-electron chi connectivity index (χ1n) is 17.6. The molecule has 0 atom stereocenters. The van der Waals surface area contributed by atoms with Crippen molar-refractivity contribution in [2.24, 2.45) is 0 Å². The van der Waals surface area contributed by atoms with E-state index in [1.165, 1.54) is 103 Å². The van der Waals surface area contributed by atoms with Crippen molar-refractivity contribution >= 4 is 103 Å². The fourth-order valence-corrected chi connectivity index (χ4v) is 9.49. The van der Waals surface area contributed by atoms with Crippen LogP contribution in [-0.2, 0) is 0 Å². The van der Waals surface area contributed by atoms with E-state index >= 15 is 0 Å². The zero-order valence-corrected chi connectivity index (χ0v) is 27.3. The van der Waals surface area contributed by atoms with E-state index in [0.717, 1.165) is 16.9 Å². The van der Waals surface area contributed by atoms with Gasteiger partial charge in [0.15, 0.2) is 0 Å². The molecule has 9 aromatic carbocycles. The molecular weight excluding hydrogens is 621 g/mol. The van der Waals surface area contributed by atoms with Gasteiger partial charge in [0.25, 0.3) is 0 Å². The van der Waals surface area contributed by atoms with Crippen LogP contribution < -0.4 is 0 Å². The maximum Gasteiger partial charge on any atom is 0.138 e. The smallest absolute Gasteiger partial charge is 0.138 e. The molecule has 0 aliphatic rings. The van der Waals surface area contributed by atoms with Crippen LogP contribution in [0.4, 0.5) is 0 Å². The molecule has 0 bridgehead atoms. The van der Waals surface area contributed by atoms with E-state index < -0.39 is 0 Å². The Morgan fingerprint density at radius 3 is 1.67 bits per heavy atom. The molecule has 0 amide bonds. The van der Waals surface area contributed by atoms with Gasteiger partial charge >= 0.3 is 0 Å². The van der Waals surface area contributed by atoms with Gasteiger partial charge in [-0.1, -0.05) is 103 Å². The molecule has 234 valence electrons. The number of aromatic nitrogens is 2. The zero-order valence-electron chi connectivity index (χ0n) is 27.3. The van der Waals surface area contributed by atoms with E-state index in [1.807, 2.05) is 0 Å². The Morgan fingerprint density at radius 2 is 0.863 bits per heavy atom. The number of rotatable bonds is 2. The van der Waals surface area contributed by atoms with Crippen LogP contribution in [0.25, 0.3) is 120 Å². The summed E-state index contributed by atoms with van der Waals surface area (Å²) in [7, 11) is 0. The number of hydrogen-bond acceptors (Lipinski definition) is 1. The minimum absolute atomic E-state index is 0.924. The highest BCUT2D eigenvalue weighted by atomic mass is 16.3. The van der Waals surface area contributed by atoms with E-state index in [0.29, 0.717) is 0 Å². The van der Waals surface area contributed by atoms with Gasteiger partial charge in [-0.3, -0.25) is 0 Å². The number of para-hydroxylation sites is 3. The SMILES string of the molecule is c1ccc2c(c1)c1cccc3oc4cc(-n5c6ccccc6c6cc(-c7ccc8c(c7)c7cccc9c%10ccccc%10n8c97)ccc65)cc2c4c31. The number of benzene rings is 9. The molecule has 13 aromatic rings. The van der Waals surface area contributed by atoms with Gasteiger partial charge in [-0.05, 0) is 81.2 Å². The van der Waals surface area contributed by atoms with Gasteiger partial charge < -0.3 is 13.4 Å². The van der Waals surface area contributed by atoms with E-state index in [-0.39, 0.29) is 0 Å². The molecule has 4 aromatic heterocycles. The number of nitrogens with zero attached hydrogens (tertiary/aromatic N) is 2. The molecule has 0 aliphatic carbocycles. The molecule has 3 heteroatoms. The summed E-state index contributed by atoms with van der Waals surface area (Å²) >= 11 is 0. The van der Waals surface area contributed by atoms with Gasteiger partial charge in [-0.15, -0.1) is 0 Å². The summed E-state index contributed by atoms with van der Waals surface area (Å²) < 4.78 is 11.5. The largest absolute Gasteiger partial charge is 0.456 e. The van der Waals surface area contributed by atoms with Crippen LogP contribution in [0.15, 0.2) is 162 Å². The molecule has 0 spiro atoms. The van der Waals surface area contributed by atoms with Gasteiger partial charge in [-0.25, -0.2) is 0 Å². The third-order valence-corrected chi connectivity index (χ3v) is 11.6. The van der Waals surface area contributed by atoms with Crippen molar-refractivity contribution in [3.05, 3.63) is 158 Å². The van der Waals surface area contributed by atoms with Gasteiger partial charge in [0.1, 0.15) is 11.2 Å². The highest BCUT2D eigenvalue weighted by Crippen LogP contribution is 2.45. The first kappa shape index (κ1) is 26.1. The fourth-order valence-electron chi connectivity index (χ4n) is 9.49. The standard InChI is InChI=1S/C48H26N2O/c1-2-10-31-30(9-1)34-13-8-18-44-46(34)47-39(31)25-29(26-45(47)51-44)49-40-16-5-4-12-33(40)37-23-27(19-21-42(37)49)28-20-22-43-38(24-28)36-15-7-14-35-32-11-3-6-17-41(32)50(43)48(35)36/h1-26H. The van der Waals surface area contributed by atoms with Crippen molar-refractivity contribution in [3.63, 3.8) is 0 Å². The molecule has 0 fully saturated rings. The molecule has 13 rings (SSSR count). The van der Waals surface area contributed by atoms with E-state index in [1.54, 1.807) is 0 Å². The second kappa shape index (κ2) is 9.03. The molecule has 51 heavy (non-hydrogen) atoms. The number of hydrogen-bond donors (Lipinski definition) is 0. The van der Waals surface area contributed by atoms with Crippen LogP contribution in [0.2, 0.25) is 0 Å². The second-order valence-electron chi connectivity index (χ2n) is 14.1. The monoisotopic (exact) mass is 646 g/mol. The van der Waals surface area contributed by atoms with Crippen LogP contribution in [0, 0.1) is 0 Å². The maximum atomic E-state index is 6.61. The predicted molar refractivity (Wildman–Crippen MR) is 214 cm³/mol. The lowest BCUT2D eigenvalue weighted by Gasteiger charge is -2.12. The predicted octanol–water partition coefficient (Wildman–Crippen LogP) is 13.2. The van der Waals surface area contributed by atoms with E-state index in [2.05, 4.69) is 167 Å². The van der Waals surface area contributed by atoms with Gasteiger partial charge in [0.2, 0.25) is 0 Å². The quantitative estimate of drug-likeness (QED) is 0.171. The highest BCUT2D eigenvalue weighted by molar-refractivity contribution is 6.33. The minimum Gasteiger partial charge on any atom is -0.456 e. The average Bonchev–Trinajstić information content (AvgIpc) is 3.93. The lowest BCUT2D eigenvalue weighted by Crippen LogP contribution is -1.94. The van der Waals surface area contributed by atoms with Crippen LogP contribution in [0.1, 0.15) is 0 Å². The lowest BCUT2D eigenvalue weighted by molar-refractivity contribution is 0.669. The maximum absolute atomic E-state index is 6.61. The van der Waals surface area contributed by atoms with Crippen LogP contribution in [0.3, 0.4) is 0 Å². The Morgan fingerprint density at radius 1 is 0.333 bits per heavy atom. The molecule has 0 N–H and O–H groups in total. The number of furan rings is 1. The van der Waals surface area contributed by atoms with Crippen LogP contribution >= 0.6 is 0 Å². The summed E-state index contributed by atoms with van der Waals surface area (Å²) in [6, 6.07) is 58.0. The summed E-state index contributed by atoms with van der Waals surface area (Å²) in [5.41, 5.74) is 11.6. The van der Waals surface area contributed by atoms with E-state index in [9.17, 15) is 0 Å². The Bertz CT molecular complexity index is 3590. The molecule has 0 unspecified atom stereocenters. The average molecular weight is 647 g/mol. The van der Waals surface area contributed by atoms with Gasteiger partial charge in [0, 0.05) is 49.2 Å². The number of fused-ring (bicyclic) bond motifs is 12. The molecular formula is C48H26N2O. The Kier molecular flexibility index (Phi) is 4.62. The van der Waals surface area contributed by atoms with Crippen LogP contribution in [0.5, 0.6) is 0 Å². The third kappa shape index (κ3) is 3.16. The molecule has 0 aliphatic heterocycles. The lowest BCUT2D eigenvalue weighted by atomic mass is 9.94. The van der Waals surface area contributed by atoms with Crippen molar-refractivity contribution in [2.75, 3.05) is 0 Å². The van der Waals surface area contributed by atoms with Crippen molar-refractivity contribution in [3.8, 4) is 16.8 Å². The molecule has 3 nitrogen and oxygen atoms in total. The molecule has 4 heterocycles. The summed E-state index contributed by atoms with van der Waals surface area (Å²) in [6.07, 6.45) is 0. The summed E-state index contributed by atoms with van der Waals surface area (Å²) in [5, 5.41) is 15.1. The Hall–Kier alpha value is -6.84. The first-order chi connectivity index (χ1) is 25.3. The van der Waals surface area contributed by atoms with Gasteiger partial charge in [0.05, 0.1) is 33.3 Å². The third-order valence-electron chi connectivity index (χ3n) is 11.6. The molecule has 0 saturated heterocycles. The topological polar surface area (TPSA) is 22.5 Å². The zero-order chi connectivity index (χ0) is 32.9. The van der Waals surface area contributed by atoms with E-state index in [4.69, 9.17) is 4.42 Å². The first-order valence-corrected chi connectivity index (χ1v) is 17.6.